The van der Waals surface area contributed by atoms with E-state index in [2.05, 4.69) is 15.8 Å². The van der Waals surface area contributed by atoms with Crippen LogP contribution in [0.5, 0.6) is 0 Å². The summed E-state index contributed by atoms with van der Waals surface area (Å²) in [6.45, 7) is 4.11. The molecular formula is C23H27N5O5S. The van der Waals surface area contributed by atoms with Crippen LogP contribution in [0.2, 0.25) is 0 Å². The van der Waals surface area contributed by atoms with E-state index in [4.69, 9.17) is 10.5 Å². The lowest BCUT2D eigenvalue weighted by Gasteiger charge is -2.38. The number of aromatic nitrogens is 1. The highest BCUT2D eigenvalue weighted by Crippen LogP contribution is 2.28. The number of rotatable bonds is 7. The molecule has 0 spiro atoms. The van der Waals surface area contributed by atoms with Crippen molar-refractivity contribution < 1.29 is 22.7 Å². The number of ether oxygens (including phenoxy) is 1. The van der Waals surface area contributed by atoms with Crippen molar-refractivity contribution in [2.24, 2.45) is 5.73 Å². The van der Waals surface area contributed by atoms with Gasteiger partial charge in [-0.2, -0.15) is 5.26 Å². The van der Waals surface area contributed by atoms with E-state index in [0.717, 1.165) is 0 Å². The second kappa shape index (κ2) is 10.2. The number of carbonyl (C=O) groups excluding carboxylic acids is 2. The number of carbonyl (C=O) groups is 2. The van der Waals surface area contributed by atoms with Gasteiger partial charge in [0.2, 0.25) is 10.0 Å². The third-order valence-corrected chi connectivity index (χ3v) is 6.87. The van der Waals surface area contributed by atoms with Gasteiger partial charge in [-0.3, -0.25) is 9.52 Å². The van der Waals surface area contributed by atoms with Gasteiger partial charge in [-0.25, -0.2) is 18.2 Å². The normalized spacial score (nSPS) is 15.3. The van der Waals surface area contributed by atoms with Crippen LogP contribution in [0, 0.1) is 18.3 Å². The van der Waals surface area contributed by atoms with E-state index in [-0.39, 0.29) is 49.4 Å². The lowest BCUT2D eigenvalue weighted by Crippen LogP contribution is -2.60. The Kier molecular flexibility index (Phi) is 7.54. The molecule has 0 atom stereocenters. The average Bonchev–Trinajstić information content (AvgIpc) is 2.79. The summed E-state index contributed by atoms with van der Waals surface area (Å²) in [5, 5.41) is 9.59. The average molecular weight is 486 g/mol. The van der Waals surface area contributed by atoms with Crippen molar-refractivity contribution in [3.05, 3.63) is 58.8 Å². The summed E-state index contributed by atoms with van der Waals surface area (Å²) in [5.74, 6) is -1.26. The molecule has 2 heterocycles. The lowest BCUT2D eigenvalue weighted by molar-refractivity contribution is -0.125. The highest BCUT2D eigenvalue weighted by molar-refractivity contribution is 7.89. The minimum Gasteiger partial charge on any atom is -0.462 e. The molecule has 0 unspecified atom stereocenters. The molecule has 0 radical (unpaired) electrons. The van der Waals surface area contributed by atoms with Crippen LogP contribution in [0.25, 0.3) is 0 Å². The van der Waals surface area contributed by atoms with Gasteiger partial charge in [0, 0.05) is 13.1 Å². The van der Waals surface area contributed by atoms with Gasteiger partial charge < -0.3 is 15.4 Å². The van der Waals surface area contributed by atoms with Gasteiger partial charge in [-0.1, -0.05) is 30.3 Å². The Balaban J connectivity index is 1.70. The second-order valence-electron chi connectivity index (χ2n) is 8.14. The summed E-state index contributed by atoms with van der Waals surface area (Å²) < 4.78 is 32.0. The fraction of sp³-hybridized carbons (Fsp3) is 0.391. The maximum atomic E-state index is 12.8. The Hall–Kier alpha value is -3.49. The first kappa shape index (κ1) is 25.1. The molecule has 10 nitrogen and oxygen atoms in total. The predicted octanol–water partition coefficient (Wildman–Crippen LogP) is 1.38. The number of nitrogens with zero attached hydrogens (tertiary/aromatic N) is 3. The zero-order valence-electron chi connectivity index (χ0n) is 19.1. The first-order chi connectivity index (χ1) is 16.1. The molecule has 180 valence electrons. The maximum Gasteiger partial charge on any atom is 0.340 e. The van der Waals surface area contributed by atoms with Crippen LogP contribution in [0.15, 0.2) is 36.4 Å². The minimum atomic E-state index is -3.91. The van der Waals surface area contributed by atoms with Gasteiger partial charge in [0.05, 0.1) is 34.7 Å². The number of amides is 1. The van der Waals surface area contributed by atoms with E-state index in [1.165, 1.54) is 6.07 Å². The van der Waals surface area contributed by atoms with Crippen molar-refractivity contribution in [3.63, 3.8) is 0 Å². The van der Waals surface area contributed by atoms with Gasteiger partial charge >= 0.3 is 5.97 Å². The van der Waals surface area contributed by atoms with Gasteiger partial charge in [-0.05, 0) is 38.3 Å². The number of nitrogens with one attached hydrogen (secondary N) is 1. The molecule has 1 aliphatic heterocycles. The Morgan fingerprint density at radius 2 is 1.91 bits per heavy atom. The van der Waals surface area contributed by atoms with Crippen LogP contribution in [0.3, 0.4) is 0 Å². The molecule has 0 saturated carbocycles. The molecule has 3 N–H and O–H groups in total. The van der Waals surface area contributed by atoms with Crippen LogP contribution in [0.4, 0.5) is 5.82 Å². The third-order valence-electron chi connectivity index (χ3n) is 5.66. The Labute approximate surface area is 198 Å². The number of nitrogens with two attached hydrogens (primary N) is 1. The monoisotopic (exact) mass is 485 g/mol. The quantitative estimate of drug-likeness (QED) is 0.553. The molecule has 1 aliphatic rings. The number of hydrogen-bond acceptors (Lipinski definition) is 9. The highest BCUT2D eigenvalue weighted by atomic mass is 32.2. The van der Waals surface area contributed by atoms with Crippen LogP contribution < -0.4 is 15.4 Å². The van der Waals surface area contributed by atoms with E-state index in [1.54, 1.807) is 49.1 Å². The molecule has 3 rings (SSSR count). The highest BCUT2D eigenvalue weighted by Gasteiger charge is 2.40. The number of nitriles is 1. The topological polar surface area (TPSA) is 155 Å². The minimum absolute atomic E-state index is 0.158. The number of sulfonamides is 1. The molecule has 0 aliphatic carbocycles. The summed E-state index contributed by atoms with van der Waals surface area (Å²) in [4.78, 5) is 31.1. The first-order valence-electron chi connectivity index (χ1n) is 10.8. The Bertz CT molecular complexity index is 1220. The zero-order valence-corrected chi connectivity index (χ0v) is 19.9. The van der Waals surface area contributed by atoms with Crippen molar-refractivity contribution in [2.45, 2.75) is 38.0 Å². The molecule has 1 aromatic carbocycles. The number of pyridine rings is 1. The molecule has 34 heavy (non-hydrogen) atoms. The Morgan fingerprint density at radius 3 is 2.50 bits per heavy atom. The van der Waals surface area contributed by atoms with Crippen molar-refractivity contribution in [1.29, 1.82) is 5.26 Å². The second-order valence-corrected chi connectivity index (χ2v) is 9.87. The molecular weight excluding hydrogens is 458 g/mol. The third kappa shape index (κ3) is 5.70. The van der Waals surface area contributed by atoms with E-state index < -0.39 is 27.4 Å². The van der Waals surface area contributed by atoms with Gasteiger partial charge in [0.1, 0.15) is 11.9 Å². The van der Waals surface area contributed by atoms with E-state index >= 15 is 0 Å². The molecule has 0 bridgehead atoms. The maximum absolute atomic E-state index is 12.8. The Morgan fingerprint density at radius 1 is 1.26 bits per heavy atom. The van der Waals surface area contributed by atoms with Gasteiger partial charge in [-0.15, -0.1) is 0 Å². The van der Waals surface area contributed by atoms with Crippen molar-refractivity contribution in [3.8, 4) is 6.07 Å². The smallest absolute Gasteiger partial charge is 0.340 e. The fourth-order valence-corrected chi connectivity index (χ4v) is 4.94. The molecule has 11 heteroatoms. The summed E-state index contributed by atoms with van der Waals surface area (Å²) in [7, 11) is -3.91. The summed E-state index contributed by atoms with van der Waals surface area (Å²) in [6, 6.07) is 12.0. The van der Waals surface area contributed by atoms with Crippen LogP contribution in [-0.4, -0.2) is 50.5 Å². The van der Waals surface area contributed by atoms with Crippen LogP contribution in [-0.2, 0) is 25.3 Å². The van der Waals surface area contributed by atoms with E-state index in [9.17, 15) is 23.3 Å². The standard InChI is InChI=1S/C23H27N5O5S/c1-3-33-21(29)19-13-18(14-24)20(26-16(19)2)28-11-9-23(25,10-12-28)22(30)27-34(31,32)15-17-7-5-4-6-8-17/h4-8,13H,3,9-12,15,25H2,1-2H3,(H,27,30). The lowest BCUT2D eigenvalue weighted by atomic mass is 9.88. The molecule has 1 amide bonds. The molecule has 2 aromatic rings. The number of benzene rings is 1. The zero-order chi connectivity index (χ0) is 24.9. The number of piperidine rings is 1. The van der Waals surface area contributed by atoms with Crippen molar-refractivity contribution in [1.82, 2.24) is 9.71 Å². The number of esters is 1. The van der Waals surface area contributed by atoms with E-state index in [1.807, 2.05) is 0 Å². The van der Waals surface area contributed by atoms with Crippen LogP contribution in [0.1, 0.15) is 46.9 Å². The fourth-order valence-electron chi connectivity index (χ4n) is 3.75. The first-order valence-corrected chi connectivity index (χ1v) is 12.5. The molecule has 1 saturated heterocycles. The SMILES string of the molecule is CCOC(=O)c1cc(C#N)c(N2CCC(N)(C(=O)NS(=O)(=O)Cc3ccccc3)CC2)nc1C. The number of hydrogen-bond donors (Lipinski definition) is 2. The van der Waals surface area contributed by atoms with Gasteiger partial charge in [0.15, 0.2) is 0 Å². The predicted molar refractivity (Wildman–Crippen MR) is 125 cm³/mol. The molecule has 1 aromatic heterocycles. The van der Waals surface area contributed by atoms with E-state index in [0.29, 0.717) is 17.1 Å². The van der Waals surface area contributed by atoms with Gasteiger partial charge in [0.25, 0.3) is 5.91 Å². The van der Waals surface area contributed by atoms with Crippen molar-refractivity contribution in [2.75, 3.05) is 24.6 Å². The summed E-state index contributed by atoms with van der Waals surface area (Å²) >= 11 is 0. The molecule has 1 fully saturated rings. The van der Waals surface area contributed by atoms with Crippen molar-refractivity contribution >= 4 is 27.7 Å². The summed E-state index contributed by atoms with van der Waals surface area (Å²) in [6.07, 6.45) is 0.315. The number of anilines is 1. The number of aryl methyl sites for hydroxylation is 1. The summed E-state index contributed by atoms with van der Waals surface area (Å²) in [5.41, 5.74) is 6.30. The van der Waals surface area contributed by atoms with Crippen LogP contribution >= 0.6 is 0 Å². The largest absolute Gasteiger partial charge is 0.462 e.